The molecule has 0 aliphatic rings. The molecule has 0 atom stereocenters. The summed E-state index contributed by atoms with van der Waals surface area (Å²) in [5.74, 6) is 0. The molecular weight excluding hydrogens is 217 g/mol. The molecule has 0 aromatic heterocycles. The van der Waals surface area contributed by atoms with E-state index in [1.165, 1.54) is 4.90 Å². The summed E-state index contributed by atoms with van der Waals surface area (Å²) < 4.78 is 36.6. The fourth-order valence-electron chi connectivity index (χ4n) is 1.67. The van der Waals surface area contributed by atoms with Gasteiger partial charge in [0.1, 0.15) is 0 Å². The van der Waals surface area contributed by atoms with Gasteiger partial charge in [0.25, 0.3) is 0 Å². The smallest absolute Gasteiger partial charge is 0.330 e. The molecule has 0 rings (SSSR count). The first-order valence-electron chi connectivity index (χ1n) is 5.98. The number of halogens is 3. The molecule has 0 aliphatic carbocycles. The Labute approximate surface area is 96.0 Å². The first-order chi connectivity index (χ1) is 7.49. The molecule has 0 heterocycles. The molecule has 0 amide bonds. The summed E-state index contributed by atoms with van der Waals surface area (Å²) in [5, 5.41) is 0. The highest BCUT2D eigenvalue weighted by Crippen LogP contribution is 2.17. The lowest BCUT2D eigenvalue weighted by Crippen LogP contribution is -2.35. The van der Waals surface area contributed by atoms with E-state index in [1.807, 2.05) is 6.92 Å². The number of rotatable bonds is 9. The van der Waals surface area contributed by atoms with Crippen LogP contribution in [0.15, 0.2) is 0 Å². The van der Waals surface area contributed by atoms with Gasteiger partial charge in [-0.25, -0.2) is 0 Å². The number of nitrogens with two attached hydrogens (primary N) is 1. The minimum absolute atomic E-state index is 0.524. The van der Waals surface area contributed by atoms with Crippen molar-refractivity contribution < 1.29 is 13.2 Å². The second kappa shape index (κ2) is 8.82. The Morgan fingerprint density at radius 3 is 2.12 bits per heavy atom. The van der Waals surface area contributed by atoms with Crippen molar-refractivity contribution in [2.45, 2.75) is 45.2 Å². The fraction of sp³-hybridized carbons (Fsp3) is 1.00. The van der Waals surface area contributed by atoms with Crippen LogP contribution >= 0.6 is 0 Å². The second-order valence-electron chi connectivity index (χ2n) is 4.09. The van der Waals surface area contributed by atoms with Gasteiger partial charge in [0.15, 0.2) is 0 Å². The zero-order chi connectivity index (χ0) is 12.4. The van der Waals surface area contributed by atoms with Crippen molar-refractivity contribution in [3.63, 3.8) is 0 Å². The van der Waals surface area contributed by atoms with E-state index in [1.54, 1.807) is 0 Å². The molecule has 0 saturated heterocycles. The first-order valence-corrected chi connectivity index (χ1v) is 5.98. The van der Waals surface area contributed by atoms with E-state index in [9.17, 15) is 13.2 Å². The minimum Gasteiger partial charge on any atom is -0.330 e. The Hall–Kier alpha value is -0.290. The van der Waals surface area contributed by atoms with Gasteiger partial charge in [0.2, 0.25) is 0 Å². The molecule has 0 saturated carbocycles. The van der Waals surface area contributed by atoms with Crippen LogP contribution in [0.1, 0.15) is 39.0 Å². The summed E-state index contributed by atoms with van der Waals surface area (Å²) in [6.45, 7) is 2.85. The van der Waals surface area contributed by atoms with Crippen LogP contribution in [0.3, 0.4) is 0 Å². The van der Waals surface area contributed by atoms with E-state index < -0.39 is 12.7 Å². The van der Waals surface area contributed by atoms with Gasteiger partial charge in [0.05, 0.1) is 6.54 Å². The maximum absolute atomic E-state index is 12.2. The summed E-state index contributed by atoms with van der Waals surface area (Å²) >= 11 is 0. The molecule has 0 aromatic carbocycles. The maximum Gasteiger partial charge on any atom is 0.401 e. The number of hydrogen-bond acceptors (Lipinski definition) is 2. The molecular formula is C11H23F3N2. The Kier molecular flexibility index (Phi) is 8.66. The summed E-state index contributed by atoms with van der Waals surface area (Å²) in [6.07, 6.45) is 0.464. The van der Waals surface area contributed by atoms with Gasteiger partial charge >= 0.3 is 6.18 Å². The first kappa shape index (κ1) is 15.7. The molecule has 0 fully saturated rings. The zero-order valence-corrected chi connectivity index (χ0v) is 10.0. The van der Waals surface area contributed by atoms with E-state index in [4.69, 9.17) is 5.73 Å². The Morgan fingerprint density at radius 1 is 1.00 bits per heavy atom. The average molecular weight is 240 g/mol. The normalized spacial score (nSPS) is 12.4. The van der Waals surface area contributed by atoms with Crippen LogP contribution in [-0.2, 0) is 0 Å². The standard InChI is InChI=1S/C11H23F3N2/c1-2-8-16(10-11(12,13)14)9-6-4-3-5-7-15/h2-10,15H2,1H3. The van der Waals surface area contributed by atoms with E-state index >= 15 is 0 Å². The average Bonchev–Trinajstić information content (AvgIpc) is 2.15. The van der Waals surface area contributed by atoms with Crippen molar-refractivity contribution in [2.75, 3.05) is 26.2 Å². The van der Waals surface area contributed by atoms with E-state index in [0.717, 1.165) is 32.1 Å². The Bertz CT molecular complexity index is 160. The molecule has 2 nitrogen and oxygen atoms in total. The van der Waals surface area contributed by atoms with Crippen LogP contribution in [0.25, 0.3) is 0 Å². The number of unbranched alkanes of at least 4 members (excludes halogenated alkanes) is 3. The van der Waals surface area contributed by atoms with Gasteiger partial charge in [-0.1, -0.05) is 19.8 Å². The predicted octanol–water partition coefficient (Wildman–Crippen LogP) is 2.78. The highest BCUT2D eigenvalue weighted by Gasteiger charge is 2.29. The predicted molar refractivity (Wildman–Crippen MR) is 60.3 cm³/mol. The summed E-state index contributed by atoms with van der Waals surface area (Å²) in [5.41, 5.74) is 5.34. The van der Waals surface area contributed by atoms with Crippen molar-refractivity contribution in [2.24, 2.45) is 5.73 Å². The highest BCUT2D eigenvalue weighted by molar-refractivity contribution is 4.63. The van der Waals surface area contributed by atoms with Crippen molar-refractivity contribution in [3.8, 4) is 0 Å². The maximum atomic E-state index is 12.2. The third kappa shape index (κ3) is 10.2. The van der Waals surface area contributed by atoms with Crippen LogP contribution in [0.4, 0.5) is 13.2 Å². The molecule has 5 heteroatoms. The quantitative estimate of drug-likeness (QED) is 0.628. The third-order valence-electron chi connectivity index (χ3n) is 2.37. The SMILES string of the molecule is CCCN(CCCCCCN)CC(F)(F)F. The van der Waals surface area contributed by atoms with E-state index in [-0.39, 0.29) is 0 Å². The molecule has 16 heavy (non-hydrogen) atoms. The van der Waals surface area contributed by atoms with Crippen LogP contribution < -0.4 is 5.73 Å². The van der Waals surface area contributed by atoms with Crippen LogP contribution in [0.5, 0.6) is 0 Å². The lowest BCUT2D eigenvalue weighted by molar-refractivity contribution is -0.146. The molecule has 0 aromatic rings. The molecule has 98 valence electrons. The van der Waals surface area contributed by atoms with Gasteiger partial charge in [-0.05, 0) is 38.9 Å². The lowest BCUT2D eigenvalue weighted by Gasteiger charge is -2.22. The molecule has 0 unspecified atom stereocenters. The van der Waals surface area contributed by atoms with Crippen LogP contribution in [-0.4, -0.2) is 37.3 Å². The Balaban J connectivity index is 3.68. The van der Waals surface area contributed by atoms with E-state index in [2.05, 4.69) is 0 Å². The molecule has 2 N–H and O–H groups in total. The Morgan fingerprint density at radius 2 is 1.62 bits per heavy atom. The van der Waals surface area contributed by atoms with E-state index in [0.29, 0.717) is 19.6 Å². The van der Waals surface area contributed by atoms with Crippen LogP contribution in [0, 0.1) is 0 Å². The van der Waals surface area contributed by atoms with Gasteiger partial charge in [-0.2, -0.15) is 13.2 Å². The molecule has 0 spiro atoms. The van der Waals surface area contributed by atoms with Crippen molar-refractivity contribution in [1.82, 2.24) is 4.90 Å². The second-order valence-corrected chi connectivity index (χ2v) is 4.09. The largest absolute Gasteiger partial charge is 0.401 e. The van der Waals surface area contributed by atoms with Gasteiger partial charge < -0.3 is 5.73 Å². The van der Waals surface area contributed by atoms with Crippen LogP contribution in [0.2, 0.25) is 0 Å². The monoisotopic (exact) mass is 240 g/mol. The third-order valence-corrected chi connectivity index (χ3v) is 2.37. The summed E-state index contributed by atoms with van der Waals surface area (Å²) in [7, 11) is 0. The summed E-state index contributed by atoms with van der Waals surface area (Å²) in [6, 6.07) is 0. The number of hydrogen-bond donors (Lipinski definition) is 1. The van der Waals surface area contributed by atoms with Crippen molar-refractivity contribution >= 4 is 0 Å². The minimum atomic E-state index is -4.08. The fourth-order valence-corrected chi connectivity index (χ4v) is 1.67. The topological polar surface area (TPSA) is 29.3 Å². The molecule has 0 radical (unpaired) electrons. The lowest BCUT2D eigenvalue weighted by atomic mass is 10.2. The summed E-state index contributed by atoms with van der Waals surface area (Å²) in [4.78, 5) is 1.49. The van der Waals surface area contributed by atoms with Gasteiger partial charge in [-0.15, -0.1) is 0 Å². The highest BCUT2D eigenvalue weighted by atomic mass is 19.4. The zero-order valence-electron chi connectivity index (χ0n) is 10.0. The van der Waals surface area contributed by atoms with Gasteiger partial charge in [-0.3, -0.25) is 4.90 Å². The molecule has 0 bridgehead atoms. The molecule has 0 aliphatic heterocycles. The number of alkyl halides is 3. The number of nitrogens with zero attached hydrogens (tertiary/aromatic N) is 1. The van der Waals surface area contributed by atoms with Gasteiger partial charge in [0, 0.05) is 0 Å². The van der Waals surface area contributed by atoms with Crippen molar-refractivity contribution in [1.29, 1.82) is 0 Å². The van der Waals surface area contributed by atoms with Crippen molar-refractivity contribution in [3.05, 3.63) is 0 Å².